The highest BCUT2D eigenvalue weighted by molar-refractivity contribution is 6.39. The number of methoxy groups -OCH3 is 1. The molecule has 4 rings (SSSR count). The molecule has 0 saturated carbocycles. The Morgan fingerprint density at radius 3 is 2.38 bits per heavy atom. The van der Waals surface area contributed by atoms with E-state index >= 15 is 0 Å². The normalized spacial score (nSPS) is 14.0. The molecule has 0 aromatic heterocycles. The number of anilines is 2. The van der Waals surface area contributed by atoms with Gasteiger partial charge in [0.2, 0.25) is 0 Å². The van der Waals surface area contributed by atoms with Gasteiger partial charge in [0.05, 0.1) is 26.0 Å². The summed E-state index contributed by atoms with van der Waals surface area (Å²) in [7, 11) is 1.39. The molecule has 2 N–H and O–H groups in total. The van der Waals surface area contributed by atoms with Crippen molar-refractivity contribution in [2.75, 3.05) is 37.1 Å². The molecule has 42 heavy (non-hydrogen) atoms. The lowest BCUT2D eigenvalue weighted by Crippen LogP contribution is -2.54. The Morgan fingerprint density at radius 1 is 0.952 bits per heavy atom. The van der Waals surface area contributed by atoms with Crippen molar-refractivity contribution in [2.45, 2.75) is 13.8 Å². The number of carbonyl (C=O) groups is 4. The molecule has 0 spiro atoms. The van der Waals surface area contributed by atoms with E-state index in [9.17, 15) is 23.6 Å². The van der Waals surface area contributed by atoms with Crippen LogP contribution in [0.4, 0.5) is 20.6 Å². The predicted molar refractivity (Wildman–Crippen MR) is 151 cm³/mol. The number of nitrogens with one attached hydrogen (secondary N) is 2. The first kappa shape index (κ1) is 29.6. The van der Waals surface area contributed by atoms with Crippen molar-refractivity contribution < 1.29 is 42.5 Å². The number of para-hydroxylation sites is 1. The summed E-state index contributed by atoms with van der Waals surface area (Å²) in [5.74, 6) is -1.93. The van der Waals surface area contributed by atoms with Gasteiger partial charge in [0.25, 0.3) is 17.7 Å². The van der Waals surface area contributed by atoms with Gasteiger partial charge in [-0.1, -0.05) is 12.1 Å². The van der Waals surface area contributed by atoms with Crippen molar-refractivity contribution in [3.63, 3.8) is 0 Å². The molecule has 1 aliphatic rings. The van der Waals surface area contributed by atoms with E-state index in [2.05, 4.69) is 10.6 Å². The third-order valence-electron chi connectivity index (χ3n) is 5.89. The van der Waals surface area contributed by atoms with Crippen molar-refractivity contribution in [3.8, 4) is 23.0 Å². The molecule has 0 unspecified atom stereocenters. The number of amides is 5. The molecule has 0 atom stereocenters. The second-order valence-corrected chi connectivity index (χ2v) is 8.68. The van der Waals surface area contributed by atoms with Crippen molar-refractivity contribution in [3.05, 3.63) is 77.6 Å². The topological polar surface area (TPSA) is 132 Å². The minimum atomic E-state index is -0.962. The Bertz CT molecular complexity index is 1540. The Labute approximate surface area is 240 Å². The van der Waals surface area contributed by atoms with Crippen LogP contribution >= 0.6 is 0 Å². The van der Waals surface area contributed by atoms with E-state index in [0.29, 0.717) is 18.0 Å². The number of barbiturate groups is 1. The summed E-state index contributed by atoms with van der Waals surface area (Å²) in [6, 6.07) is 13.6. The van der Waals surface area contributed by atoms with Gasteiger partial charge in [-0.3, -0.25) is 19.7 Å². The molecular formula is C30H28FN3O8. The lowest BCUT2D eigenvalue weighted by Gasteiger charge is -2.28. The number of urea groups is 1. The average Bonchev–Trinajstić information content (AvgIpc) is 2.97. The van der Waals surface area contributed by atoms with Crippen molar-refractivity contribution in [1.29, 1.82) is 0 Å². The van der Waals surface area contributed by atoms with Gasteiger partial charge in [-0.15, -0.1) is 0 Å². The Kier molecular flexibility index (Phi) is 9.38. The van der Waals surface area contributed by atoms with Crippen LogP contribution in [0, 0.1) is 5.82 Å². The molecule has 5 amide bonds. The number of ether oxygens (including phenoxy) is 4. The Balaban J connectivity index is 1.66. The summed E-state index contributed by atoms with van der Waals surface area (Å²) in [5.41, 5.74) is 0.294. The van der Waals surface area contributed by atoms with Gasteiger partial charge in [0.1, 0.15) is 22.9 Å². The van der Waals surface area contributed by atoms with Gasteiger partial charge in [-0.05, 0) is 62.4 Å². The molecule has 3 aromatic carbocycles. The van der Waals surface area contributed by atoms with Crippen LogP contribution in [-0.2, 0) is 14.4 Å². The molecule has 11 nitrogen and oxygen atoms in total. The number of benzene rings is 3. The minimum Gasteiger partial charge on any atom is -0.494 e. The van der Waals surface area contributed by atoms with Crippen LogP contribution < -0.4 is 34.5 Å². The first-order chi connectivity index (χ1) is 20.2. The summed E-state index contributed by atoms with van der Waals surface area (Å²) in [6.07, 6.45) is 1.24. The summed E-state index contributed by atoms with van der Waals surface area (Å²) < 4.78 is 35.4. The smallest absolute Gasteiger partial charge is 0.336 e. The quantitative estimate of drug-likeness (QED) is 0.255. The zero-order valence-corrected chi connectivity index (χ0v) is 23.1. The highest BCUT2D eigenvalue weighted by Gasteiger charge is 2.38. The highest BCUT2D eigenvalue weighted by atomic mass is 19.1. The molecule has 0 bridgehead atoms. The lowest BCUT2D eigenvalue weighted by molar-refractivity contribution is -0.122. The number of halogens is 1. The number of nitrogens with zero attached hydrogens (tertiary/aromatic N) is 1. The van der Waals surface area contributed by atoms with Gasteiger partial charge in [0.15, 0.2) is 18.1 Å². The number of carbonyl (C=O) groups excluding carboxylic acids is 4. The molecule has 1 aliphatic heterocycles. The maximum Gasteiger partial charge on any atom is 0.336 e. The fourth-order valence-corrected chi connectivity index (χ4v) is 4.07. The molecule has 12 heteroatoms. The molecule has 218 valence electrons. The SMILES string of the molecule is CCOc1ccc(OCC)c(N2C(=O)NC(=O)/C(=C\c3cccc(OC)c3OCC(=O)Nc3ccc(F)cc3)C2=O)c1. The monoisotopic (exact) mass is 577 g/mol. The maximum atomic E-state index is 13.7. The number of rotatable bonds is 11. The van der Waals surface area contributed by atoms with Crippen LogP contribution in [0.3, 0.4) is 0 Å². The van der Waals surface area contributed by atoms with E-state index in [1.807, 2.05) is 0 Å². The Hall–Kier alpha value is -5.39. The second-order valence-electron chi connectivity index (χ2n) is 8.68. The van der Waals surface area contributed by atoms with E-state index in [0.717, 1.165) is 4.90 Å². The van der Waals surface area contributed by atoms with Crippen molar-refractivity contribution in [1.82, 2.24) is 5.32 Å². The molecule has 3 aromatic rings. The van der Waals surface area contributed by atoms with E-state index in [1.54, 1.807) is 44.2 Å². The van der Waals surface area contributed by atoms with E-state index in [-0.39, 0.29) is 40.7 Å². The van der Waals surface area contributed by atoms with Gasteiger partial charge < -0.3 is 24.3 Å². The summed E-state index contributed by atoms with van der Waals surface area (Å²) in [5, 5.41) is 4.76. The molecule has 0 radical (unpaired) electrons. The van der Waals surface area contributed by atoms with Crippen LogP contribution in [0.25, 0.3) is 6.08 Å². The van der Waals surface area contributed by atoms with Crippen LogP contribution in [0.1, 0.15) is 19.4 Å². The fourth-order valence-electron chi connectivity index (χ4n) is 4.07. The summed E-state index contributed by atoms with van der Waals surface area (Å²) in [6.45, 7) is 3.66. The van der Waals surface area contributed by atoms with Gasteiger partial charge >= 0.3 is 6.03 Å². The second kappa shape index (κ2) is 13.3. The third kappa shape index (κ3) is 6.66. The van der Waals surface area contributed by atoms with E-state index in [4.69, 9.17) is 18.9 Å². The lowest BCUT2D eigenvalue weighted by atomic mass is 10.1. The molecule has 1 saturated heterocycles. The standard InChI is InChI=1S/C30H28FN3O8/c1-4-40-21-13-14-24(41-5-2)23(16-21)34-29(37)22(28(36)33-30(34)38)15-18-7-6-8-25(39-3)27(18)42-17-26(35)32-20-11-9-19(31)10-12-20/h6-16H,4-5,17H2,1-3H3,(H,32,35)(H,33,36,38)/b22-15+. The Morgan fingerprint density at radius 2 is 1.69 bits per heavy atom. The fraction of sp³-hybridized carbons (Fsp3) is 0.200. The molecule has 1 fully saturated rings. The molecule has 1 heterocycles. The third-order valence-corrected chi connectivity index (χ3v) is 5.89. The van der Waals surface area contributed by atoms with Gasteiger partial charge in [-0.25, -0.2) is 14.1 Å². The number of hydrogen-bond donors (Lipinski definition) is 2. The van der Waals surface area contributed by atoms with Crippen molar-refractivity contribution >= 4 is 41.2 Å². The average molecular weight is 578 g/mol. The van der Waals surface area contributed by atoms with Crippen LogP contribution in [0.15, 0.2) is 66.2 Å². The first-order valence-corrected chi connectivity index (χ1v) is 12.9. The molecule has 0 aliphatic carbocycles. The van der Waals surface area contributed by atoms with Gasteiger partial charge in [0, 0.05) is 17.3 Å². The highest BCUT2D eigenvalue weighted by Crippen LogP contribution is 2.37. The van der Waals surface area contributed by atoms with E-state index < -0.39 is 36.2 Å². The predicted octanol–water partition coefficient (Wildman–Crippen LogP) is 4.32. The van der Waals surface area contributed by atoms with Crippen LogP contribution in [0.2, 0.25) is 0 Å². The number of imide groups is 2. The summed E-state index contributed by atoms with van der Waals surface area (Å²) >= 11 is 0. The first-order valence-electron chi connectivity index (χ1n) is 12.9. The summed E-state index contributed by atoms with van der Waals surface area (Å²) in [4.78, 5) is 52.7. The van der Waals surface area contributed by atoms with Crippen molar-refractivity contribution in [2.24, 2.45) is 0 Å². The molecular weight excluding hydrogens is 549 g/mol. The zero-order valence-electron chi connectivity index (χ0n) is 23.1. The van der Waals surface area contributed by atoms with Crippen LogP contribution in [0.5, 0.6) is 23.0 Å². The maximum absolute atomic E-state index is 13.7. The van der Waals surface area contributed by atoms with E-state index in [1.165, 1.54) is 43.5 Å². The van der Waals surface area contributed by atoms with Crippen LogP contribution in [-0.4, -0.2) is 50.7 Å². The zero-order chi connectivity index (χ0) is 30.2. The largest absolute Gasteiger partial charge is 0.494 e. The number of hydrogen-bond acceptors (Lipinski definition) is 8. The minimum absolute atomic E-state index is 0.0687. The van der Waals surface area contributed by atoms with Gasteiger partial charge in [-0.2, -0.15) is 0 Å².